The number of ketones is 1. The summed E-state index contributed by atoms with van der Waals surface area (Å²) in [6.07, 6.45) is 0.533. The molecular formula is C18H20BrNO. The molecule has 2 rings (SSSR count). The number of rotatable bonds is 6. The Labute approximate surface area is 134 Å². The highest BCUT2D eigenvalue weighted by Crippen LogP contribution is 2.17. The quantitative estimate of drug-likeness (QED) is 0.720. The van der Waals surface area contributed by atoms with Gasteiger partial charge in [-0.25, -0.2) is 0 Å². The number of hydrogen-bond donors (Lipinski definition) is 0. The van der Waals surface area contributed by atoms with Crippen molar-refractivity contribution in [1.82, 2.24) is 4.90 Å². The molecular weight excluding hydrogens is 326 g/mol. The third-order valence-corrected chi connectivity index (χ3v) is 4.12. The van der Waals surface area contributed by atoms with Crippen LogP contribution in [0.15, 0.2) is 53.0 Å². The maximum Gasteiger partial charge on any atom is 0.165 e. The zero-order valence-electron chi connectivity index (χ0n) is 12.5. The van der Waals surface area contributed by atoms with Crippen molar-refractivity contribution in [2.75, 3.05) is 13.6 Å². The Bertz CT molecular complexity index is 624. The molecule has 0 aromatic heterocycles. The van der Waals surface area contributed by atoms with Gasteiger partial charge in [0.25, 0.3) is 0 Å². The topological polar surface area (TPSA) is 20.3 Å². The molecule has 2 nitrogen and oxygen atoms in total. The minimum atomic E-state index is 0.179. The highest BCUT2D eigenvalue weighted by atomic mass is 79.9. The van der Waals surface area contributed by atoms with E-state index >= 15 is 0 Å². The average Bonchev–Trinajstić information content (AvgIpc) is 2.45. The fourth-order valence-electron chi connectivity index (χ4n) is 2.32. The highest BCUT2D eigenvalue weighted by molar-refractivity contribution is 9.10. The fourth-order valence-corrected chi connectivity index (χ4v) is 2.82. The van der Waals surface area contributed by atoms with Crippen LogP contribution in [0.3, 0.4) is 0 Å². The normalized spacial score (nSPS) is 10.9. The van der Waals surface area contributed by atoms with Gasteiger partial charge in [-0.05, 0) is 25.6 Å². The van der Waals surface area contributed by atoms with Gasteiger partial charge in [0.05, 0.1) is 0 Å². The van der Waals surface area contributed by atoms with Gasteiger partial charge in [0.1, 0.15) is 0 Å². The Balaban J connectivity index is 1.88. The van der Waals surface area contributed by atoms with Crippen molar-refractivity contribution in [1.29, 1.82) is 0 Å². The summed E-state index contributed by atoms with van der Waals surface area (Å²) in [7, 11) is 2.05. The van der Waals surface area contributed by atoms with Crippen LogP contribution in [0.5, 0.6) is 0 Å². The molecule has 0 aliphatic heterocycles. The molecule has 0 heterocycles. The first-order valence-corrected chi connectivity index (χ1v) is 7.87. The highest BCUT2D eigenvalue weighted by Gasteiger charge is 2.10. The molecule has 0 atom stereocenters. The molecule has 0 saturated heterocycles. The van der Waals surface area contributed by atoms with Crippen molar-refractivity contribution < 1.29 is 4.79 Å². The summed E-state index contributed by atoms with van der Waals surface area (Å²) in [4.78, 5) is 14.4. The van der Waals surface area contributed by atoms with Gasteiger partial charge >= 0.3 is 0 Å². The van der Waals surface area contributed by atoms with E-state index in [0.717, 1.165) is 23.1 Å². The van der Waals surface area contributed by atoms with Gasteiger partial charge in [0.2, 0.25) is 0 Å². The molecule has 2 aromatic rings. The summed E-state index contributed by atoms with van der Waals surface area (Å²) >= 11 is 3.43. The molecule has 0 amide bonds. The second-order valence-electron chi connectivity index (χ2n) is 5.38. The van der Waals surface area contributed by atoms with Crippen LogP contribution in [0.2, 0.25) is 0 Å². The summed E-state index contributed by atoms with van der Waals surface area (Å²) in [6.45, 7) is 3.72. The van der Waals surface area contributed by atoms with E-state index < -0.39 is 0 Å². The van der Waals surface area contributed by atoms with E-state index in [1.807, 2.05) is 24.3 Å². The minimum absolute atomic E-state index is 0.179. The van der Waals surface area contributed by atoms with Gasteiger partial charge in [-0.2, -0.15) is 0 Å². The predicted octanol–water partition coefficient (Wildman–Crippen LogP) is 4.46. The maximum absolute atomic E-state index is 12.2. The van der Waals surface area contributed by atoms with Gasteiger partial charge in [-0.15, -0.1) is 0 Å². The Morgan fingerprint density at radius 3 is 2.62 bits per heavy atom. The van der Waals surface area contributed by atoms with Crippen LogP contribution in [0.1, 0.15) is 27.9 Å². The van der Waals surface area contributed by atoms with E-state index in [0.29, 0.717) is 6.42 Å². The van der Waals surface area contributed by atoms with Crippen molar-refractivity contribution in [3.8, 4) is 0 Å². The first kappa shape index (κ1) is 15.9. The van der Waals surface area contributed by atoms with Gasteiger partial charge in [0, 0.05) is 29.5 Å². The molecule has 0 aliphatic carbocycles. The van der Waals surface area contributed by atoms with E-state index in [-0.39, 0.29) is 5.78 Å². The lowest BCUT2D eigenvalue weighted by atomic mass is 10.1. The summed E-state index contributed by atoms with van der Waals surface area (Å²) in [5, 5.41) is 0. The van der Waals surface area contributed by atoms with Crippen LogP contribution in [-0.2, 0) is 6.54 Å². The largest absolute Gasteiger partial charge is 0.302 e. The number of Topliss-reactive ketones (excluding diaryl/α,β-unsaturated/α-hetero) is 1. The van der Waals surface area contributed by atoms with E-state index in [2.05, 4.69) is 59.1 Å². The first-order chi connectivity index (χ1) is 10.1. The molecule has 0 N–H and O–H groups in total. The van der Waals surface area contributed by atoms with Crippen LogP contribution in [-0.4, -0.2) is 24.3 Å². The van der Waals surface area contributed by atoms with E-state index in [9.17, 15) is 4.79 Å². The molecule has 2 aromatic carbocycles. The molecule has 3 heteroatoms. The number of halogens is 1. The summed E-state index contributed by atoms with van der Waals surface area (Å²) in [5.41, 5.74) is 3.32. The molecule has 0 unspecified atom stereocenters. The zero-order valence-corrected chi connectivity index (χ0v) is 14.1. The molecule has 0 radical (unpaired) electrons. The van der Waals surface area contributed by atoms with Crippen LogP contribution in [0, 0.1) is 6.92 Å². The maximum atomic E-state index is 12.2. The minimum Gasteiger partial charge on any atom is -0.302 e. The molecule has 0 saturated carbocycles. The standard InChI is InChI=1S/C18H20BrNO/c1-14-6-5-7-15(12-14)13-20(2)11-10-18(21)16-8-3-4-9-17(16)19/h3-9,12H,10-11,13H2,1-2H3. The lowest BCUT2D eigenvalue weighted by Crippen LogP contribution is -2.21. The Kier molecular flexibility index (Phi) is 5.71. The summed E-state index contributed by atoms with van der Waals surface area (Å²) < 4.78 is 0.872. The number of nitrogens with zero attached hydrogens (tertiary/aromatic N) is 1. The van der Waals surface area contributed by atoms with Crippen molar-refractivity contribution in [3.63, 3.8) is 0 Å². The second-order valence-corrected chi connectivity index (χ2v) is 6.23. The van der Waals surface area contributed by atoms with Gasteiger partial charge in [-0.3, -0.25) is 4.79 Å². The lowest BCUT2D eigenvalue weighted by Gasteiger charge is -2.16. The Hall–Kier alpha value is -1.45. The van der Waals surface area contributed by atoms with E-state index in [4.69, 9.17) is 0 Å². The lowest BCUT2D eigenvalue weighted by molar-refractivity contribution is 0.0967. The fraction of sp³-hybridized carbons (Fsp3) is 0.278. The molecule has 0 aliphatic rings. The Morgan fingerprint density at radius 1 is 1.14 bits per heavy atom. The van der Waals surface area contributed by atoms with E-state index in [1.165, 1.54) is 11.1 Å². The summed E-state index contributed by atoms with van der Waals surface area (Å²) in [6, 6.07) is 16.1. The summed E-state index contributed by atoms with van der Waals surface area (Å²) in [5.74, 6) is 0.179. The van der Waals surface area contributed by atoms with Gasteiger partial charge in [0.15, 0.2) is 5.78 Å². The third kappa shape index (κ3) is 4.80. The van der Waals surface area contributed by atoms with Crippen molar-refractivity contribution in [2.45, 2.75) is 19.9 Å². The monoisotopic (exact) mass is 345 g/mol. The number of carbonyl (C=O) groups excluding carboxylic acids is 1. The Morgan fingerprint density at radius 2 is 1.90 bits per heavy atom. The van der Waals surface area contributed by atoms with Crippen LogP contribution < -0.4 is 0 Å². The van der Waals surface area contributed by atoms with Gasteiger partial charge < -0.3 is 4.90 Å². The SMILES string of the molecule is Cc1cccc(CN(C)CCC(=O)c2ccccc2Br)c1. The van der Waals surface area contributed by atoms with Crippen molar-refractivity contribution >= 4 is 21.7 Å². The molecule has 21 heavy (non-hydrogen) atoms. The van der Waals surface area contributed by atoms with Crippen molar-refractivity contribution in [3.05, 3.63) is 69.7 Å². The van der Waals surface area contributed by atoms with Crippen LogP contribution in [0.25, 0.3) is 0 Å². The van der Waals surface area contributed by atoms with Gasteiger partial charge in [-0.1, -0.05) is 64.0 Å². The van der Waals surface area contributed by atoms with Crippen LogP contribution in [0.4, 0.5) is 0 Å². The molecule has 0 spiro atoms. The van der Waals surface area contributed by atoms with Crippen LogP contribution >= 0.6 is 15.9 Å². The zero-order chi connectivity index (χ0) is 15.2. The molecule has 0 bridgehead atoms. The second kappa shape index (κ2) is 7.53. The number of aryl methyl sites for hydroxylation is 1. The third-order valence-electron chi connectivity index (χ3n) is 3.43. The van der Waals surface area contributed by atoms with Crippen molar-refractivity contribution in [2.24, 2.45) is 0 Å². The van der Waals surface area contributed by atoms with E-state index in [1.54, 1.807) is 0 Å². The number of benzene rings is 2. The average molecular weight is 346 g/mol. The smallest absolute Gasteiger partial charge is 0.165 e. The predicted molar refractivity (Wildman–Crippen MR) is 90.6 cm³/mol. The first-order valence-electron chi connectivity index (χ1n) is 7.08. The number of carbonyl (C=O) groups is 1. The number of hydrogen-bond acceptors (Lipinski definition) is 2. The molecule has 0 fully saturated rings. The molecule has 110 valence electrons.